The summed E-state index contributed by atoms with van der Waals surface area (Å²) < 4.78 is 12.2. The Balaban J connectivity index is 2.03. The van der Waals surface area contributed by atoms with E-state index in [0.29, 0.717) is 16.8 Å². The first kappa shape index (κ1) is 17.4. The Morgan fingerprint density at radius 1 is 1.32 bits per heavy atom. The number of allylic oxidation sites excluding steroid dienone is 1. The van der Waals surface area contributed by atoms with Crippen molar-refractivity contribution in [3.8, 4) is 0 Å². The van der Waals surface area contributed by atoms with Crippen LogP contribution >= 0.6 is 0 Å². The molecule has 1 aromatic rings. The normalized spacial score (nSPS) is 31.8. The molecule has 3 heterocycles. The Labute approximate surface area is 145 Å². The van der Waals surface area contributed by atoms with Gasteiger partial charge in [0.05, 0.1) is 12.1 Å². The number of hydrogen-bond acceptors (Lipinski definition) is 6. The number of cyclic esters (lactones) is 1. The van der Waals surface area contributed by atoms with Crippen LogP contribution in [0.5, 0.6) is 0 Å². The van der Waals surface area contributed by atoms with Gasteiger partial charge in [0, 0.05) is 17.3 Å². The average molecular weight is 347 g/mol. The first-order chi connectivity index (χ1) is 11.8. The molecule has 3 unspecified atom stereocenters. The average Bonchev–Trinajstić information content (AvgIpc) is 3.11. The Morgan fingerprint density at radius 3 is 2.72 bits per heavy atom. The van der Waals surface area contributed by atoms with E-state index >= 15 is 0 Å². The maximum absolute atomic E-state index is 12.5. The van der Waals surface area contributed by atoms with Crippen LogP contribution in [0, 0.1) is 5.92 Å². The number of aliphatic hydroxyl groups is 1. The molecule has 134 valence electrons. The Morgan fingerprint density at radius 2 is 2.04 bits per heavy atom. The molecule has 0 aromatic carbocycles. The molecular formula is C18H21NO6. The Bertz CT molecular complexity index is 773. The second-order valence-corrected chi connectivity index (χ2v) is 6.73. The number of hydrogen-bond donors (Lipinski definition) is 1. The van der Waals surface area contributed by atoms with Gasteiger partial charge >= 0.3 is 11.9 Å². The maximum Gasteiger partial charge on any atom is 0.338 e. The molecule has 0 saturated heterocycles. The van der Waals surface area contributed by atoms with Crippen molar-refractivity contribution in [1.29, 1.82) is 0 Å². The lowest BCUT2D eigenvalue weighted by atomic mass is 9.85. The summed E-state index contributed by atoms with van der Waals surface area (Å²) in [6.45, 7) is 4.64. The van der Waals surface area contributed by atoms with Crippen LogP contribution in [0.2, 0.25) is 0 Å². The summed E-state index contributed by atoms with van der Waals surface area (Å²) in [5.74, 6) is -2.03. The highest BCUT2D eigenvalue weighted by molar-refractivity contribution is 5.90. The molecule has 0 bridgehead atoms. The van der Waals surface area contributed by atoms with Gasteiger partial charge in [0.15, 0.2) is 11.7 Å². The summed E-state index contributed by atoms with van der Waals surface area (Å²) in [6.07, 6.45) is 2.70. The van der Waals surface area contributed by atoms with Gasteiger partial charge < -0.3 is 14.6 Å². The summed E-state index contributed by atoms with van der Waals surface area (Å²) in [5, 5.41) is 10.5. The fourth-order valence-electron chi connectivity index (χ4n) is 3.18. The lowest BCUT2D eigenvalue weighted by Crippen LogP contribution is -2.43. The van der Waals surface area contributed by atoms with Gasteiger partial charge in [-0.05, 0) is 32.3 Å². The van der Waals surface area contributed by atoms with Crippen LogP contribution in [-0.2, 0) is 25.7 Å². The second kappa shape index (κ2) is 6.15. The molecule has 7 nitrogen and oxygen atoms in total. The fraction of sp³-hybridized carbons (Fsp3) is 0.500. The van der Waals surface area contributed by atoms with Gasteiger partial charge in [0.1, 0.15) is 6.61 Å². The zero-order valence-electron chi connectivity index (χ0n) is 14.4. The van der Waals surface area contributed by atoms with Crippen molar-refractivity contribution < 1.29 is 29.0 Å². The third kappa shape index (κ3) is 2.89. The number of rotatable bonds is 0. The minimum atomic E-state index is -1.74. The predicted octanol–water partition coefficient (Wildman–Crippen LogP) is 1.90. The van der Waals surface area contributed by atoms with Crippen LogP contribution in [0.1, 0.15) is 55.8 Å². The maximum atomic E-state index is 12.5. The van der Waals surface area contributed by atoms with Crippen LogP contribution < -0.4 is 0 Å². The molecule has 1 aromatic heterocycles. The van der Waals surface area contributed by atoms with E-state index < -0.39 is 29.6 Å². The van der Waals surface area contributed by atoms with Crippen molar-refractivity contribution in [2.24, 2.45) is 5.92 Å². The summed E-state index contributed by atoms with van der Waals surface area (Å²) in [7, 11) is 0. The van der Waals surface area contributed by atoms with E-state index in [2.05, 4.69) is 0 Å². The predicted molar refractivity (Wildman–Crippen MR) is 86.5 cm³/mol. The molecule has 0 saturated carbocycles. The molecule has 0 spiro atoms. The van der Waals surface area contributed by atoms with E-state index in [1.54, 1.807) is 32.2 Å². The quantitative estimate of drug-likeness (QED) is 0.569. The van der Waals surface area contributed by atoms with Gasteiger partial charge in [0.25, 0.3) is 0 Å². The minimum absolute atomic E-state index is 0.0626. The monoisotopic (exact) mass is 347 g/mol. The molecule has 0 radical (unpaired) electrons. The van der Waals surface area contributed by atoms with Crippen molar-refractivity contribution in [1.82, 2.24) is 4.57 Å². The summed E-state index contributed by atoms with van der Waals surface area (Å²) in [6, 6.07) is 1.65. The van der Waals surface area contributed by atoms with Crippen LogP contribution in [0.4, 0.5) is 0 Å². The number of carbonyl (C=O) groups excluding carboxylic acids is 3. The Kier molecular flexibility index (Phi) is 4.28. The largest absolute Gasteiger partial charge is 0.459 e. The molecule has 0 amide bonds. The van der Waals surface area contributed by atoms with Gasteiger partial charge in [0.2, 0.25) is 5.91 Å². The van der Waals surface area contributed by atoms with E-state index in [4.69, 9.17) is 9.47 Å². The van der Waals surface area contributed by atoms with Gasteiger partial charge in [-0.2, -0.15) is 0 Å². The van der Waals surface area contributed by atoms with E-state index in [-0.39, 0.29) is 25.4 Å². The molecule has 3 atom stereocenters. The van der Waals surface area contributed by atoms with Crippen LogP contribution in [0.25, 0.3) is 0 Å². The van der Waals surface area contributed by atoms with E-state index in [1.165, 1.54) is 11.5 Å². The smallest absolute Gasteiger partial charge is 0.338 e. The molecule has 7 heteroatoms. The molecule has 2 aliphatic heterocycles. The van der Waals surface area contributed by atoms with E-state index in [0.717, 1.165) is 0 Å². The molecular weight excluding hydrogens is 326 g/mol. The second-order valence-electron chi connectivity index (χ2n) is 6.73. The number of ether oxygens (including phenoxy) is 2. The van der Waals surface area contributed by atoms with Crippen molar-refractivity contribution in [2.45, 2.75) is 51.9 Å². The SMILES string of the molecule is CC=C1CC(C)C(C)(O)C(=O)OCc2ccn3c2C(CC3=O)OC1=O. The molecule has 0 fully saturated rings. The number of esters is 2. The zero-order chi connectivity index (χ0) is 18.4. The first-order valence-electron chi connectivity index (χ1n) is 8.24. The third-order valence-corrected chi connectivity index (χ3v) is 5.06. The van der Waals surface area contributed by atoms with Gasteiger partial charge in [-0.3, -0.25) is 9.36 Å². The van der Waals surface area contributed by atoms with Gasteiger partial charge in [-0.15, -0.1) is 0 Å². The standard InChI is InChI=1S/C18H21NO6/c1-4-11-7-10(2)18(3,23)17(22)24-9-12-5-6-19-14(20)8-13(15(12)19)25-16(11)21/h4-6,10,13,23H,7-9H2,1-3H3. The number of nitrogens with zero attached hydrogens (tertiary/aromatic N) is 1. The van der Waals surface area contributed by atoms with Gasteiger partial charge in [-0.25, -0.2) is 9.59 Å². The lowest BCUT2D eigenvalue weighted by molar-refractivity contribution is -0.171. The third-order valence-electron chi connectivity index (χ3n) is 5.06. The number of carbonyl (C=O) groups is 3. The first-order valence-corrected chi connectivity index (χ1v) is 8.24. The molecule has 0 aliphatic carbocycles. The number of aromatic nitrogens is 1. The van der Waals surface area contributed by atoms with Crippen molar-refractivity contribution >= 4 is 17.8 Å². The van der Waals surface area contributed by atoms with Gasteiger partial charge in [-0.1, -0.05) is 13.0 Å². The lowest BCUT2D eigenvalue weighted by Gasteiger charge is -2.29. The van der Waals surface area contributed by atoms with Crippen molar-refractivity contribution in [3.63, 3.8) is 0 Å². The topological polar surface area (TPSA) is 94.8 Å². The highest BCUT2D eigenvalue weighted by Gasteiger charge is 2.41. The fourth-order valence-corrected chi connectivity index (χ4v) is 3.18. The van der Waals surface area contributed by atoms with Crippen LogP contribution in [0.3, 0.4) is 0 Å². The highest BCUT2D eigenvalue weighted by Crippen LogP contribution is 2.36. The van der Waals surface area contributed by atoms with Crippen molar-refractivity contribution in [2.75, 3.05) is 0 Å². The molecule has 3 rings (SSSR count). The van der Waals surface area contributed by atoms with E-state index in [1.807, 2.05) is 0 Å². The zero-order valence-corrected chi connectivity index (χ0v) is 14.4. The Hall–Kier alpha value is -2.41. The molecule has 2 aliphatic rings. The summed E-state index contributed by atoms with van der Waals surface area (Å²) in [4.78, 5) is 37.0. The van der Waals surface area contributed by atoms with Crippen LogP contribution in [-0.4, -0.2) is 33.1 Å². The summed E-state index contributed by atoms with van der Waals surface area (Å²) >= 11 is 0. The minimum Gasteiger partial charge on any atom is -0.459 e. The highest BCUT2D eigenvalue weighted by atomic mass is 16.6. The molecule has 1 N–H and O–H groups in total. The van der Waals surface area contributed by atoms with E-state index in [9.17, 15) is 19.5 Å². The summed E-state index contributed by atoms with van der Waals surface area (Å²) in [5.41, 5.74) is -0.288. The van der Waals surface area contributed by atoms with Crippen molar-refractivity contribution in [3.05, 3.63) is 35.2 Å². The van der Waals surface area contributed by atoms with Crippen LogP contribution in [0.15, 0.2) is 23.9 Å². The molecule has 25 heavy (non-hydrogen) atoms.